The Bertz CT molecular complexity index is 1020. The zero-order valence-electron chi connectivity index (χ0n) is 16.6. The summed E-state index contributed by atoms with van der Waals surface area (Å²) < 4.78 is 5.38. The number of hydrogen-bond donors (Lipinski definition) is 2. The minimum atomic E-state index is -0.961. The number of carbonyl (C=O) groups excluding carboxylic acids is 1. The van der Waals surface area contributed by atoms with E-state index in [-0.39, 0.29) is 16.9 Å². The molecule has 0 aliphatic heterocycles. The molecule has 3 rings (SSSR count). The summed E-state index contributed by atoms with van der Waals surface area (Å²) in [7, 11) is 0. The summed E-state index contributed by atoms with van der Waals surface area (Å²) in [5.41, 5.74) is 1.96. The zero-order valence-corrected chi connectivity index (χ0v) is 16.6. The zero-order chi connectivity index (χ0) is 21.0. The number of carbonyl (C=O) groups is 2. The molecule has 0 bridgehead atoms. The van der Waals surface area contributed by atoms with Gasteiger partial charge in [-0.1, -0.05) is 50.2 Å². The summed E-state index contributed by atoms with van der Waals surface area (Å²) in [6.45, 7) is 6.38. The Hall–Kier alpha value is -3.48. The summed E-state index contributed by atoms with van der Waals surface area (Å²) in [5, 5.41) is 15.9. The molecule has 1 heterocycles. The van der Waals surface area contributed by atoms with E-state index in [1.807, 2.05) is 26.8 Å². The number of carboxylic acids is 1. The van der Waals surface area contributed by atoms with Gasteiger partial charge in [0.15, 0.2) is 5.82 Å². The molecular formula is C22H23N3O4. The first kappa shape index (κ1) is 20.3. The van der Waals surface area contributed by atoms with Crippen LogP contribution in [0.3, 0.4) is 0 Å². The molecule has 7 heteroatoms. The Labute approximate surface area is 168 Å². The molecule has 0 aliphatic rings. The monoisotopic (exact) mass is 393 g/mol. The van der Waals surface area contributed by atoms with Gasteiger partial charge in [0.05, 0.1) is 16.7 Å². The van der Waals surface area contributed by atoms with E-state index < -0.39 is 5.97 Å². The fourth-order valence-corrected chi connectivity index (χ4v) is 2.73. The molecule has 29 heavy (non-hydrogen) atoms. The number of nitrogens with one attached hydrogen (secondary N) is 1. The van der Waals surface area contributed by atoms with E-state index in [1.54, 1.807) is 42.5 Å². The molecule has 0 fully saturated rings. The molecule has 1 amide bonds. The van der Waals surface area contributed by atoms with Crippen LogP contribution in [0.4, 0.5) is 0 Å². The quantitative estimate of drug-likeness (QED) is 0.661. The van der Waals surface area contributed by atoms with Crippen molar-refractivity contribution in [1.29, 1.82) is 0 Å². The van der Waals surface area contributed by atoms with Crippen molar-refractivity contribution in [2.75, 3.05) is 6.54 Å². The lowest BCUT2D eigenvalue weighted by atomic mass is 9.96. The fraction of sp³-hybridized carbons (Fsp3) is 0.273. The highest BCUT2D eigenvalue weighted by Crippen LogP contribution is 2.26. The lowest BCUT2D eigenvalue weighted by Crippen LogP contribution is -2.26. The molecule has 150 valence electrons. The molecule has 0 aliphatic carbocycles. The number of amides is 1. The first-order chi connectivity index (χ1) is 13.8. The number of rotatable bonds is 6. The predicted molar refractivity (Wildman–Crippen MR) is 108 cm³/mol. The Balaban J connectivity index is 1.68. The molecular weight excluding hydrogens is 370 g/mol. The lowest BCUT2D eigenvalue weighted by molar-refractivity contribution is 0.0696. The number of hydrogen-bond acceptors (Lipinski definition) is 5. The van der Waals surface area contributed by atoms with Gasteiger partial charge in [0.1, 0.15) is 0 Å². The summed E-state index contributed by atoms with van der Waals surface area (Å²) in [5.74, 6) is -0.312. The van der Waals surface area contributed by atoms with Crippen molar-refractivity contribution in [3.63, 3.8) is 0 Å². The van der Waals surface area contributed by atoms with Crippen LogP contribution in [0.1, 0.15) is 52.9 Å². The van der Waals surface area contributed by atoms with Crippen LogP contribution in [0, 0.1) is 0 Å². The van der Waals surface area contributed by atoms with Crippen LogP contribution in [-0.2, 0) is 11.8 Å². The fourth-order valence-electron chi connectivity index (χ4n) is 2.73. The molecule has 7 nitrogen and oxygen atoms in total. The number of aromatic carboxylic acids is 1. The Morgan fingerprint density at radius 3 is 2.38 bits per heavy atom. The van der Waals surface area contributed by atoms with E-state index >= 15 is 0 Å². The largest absolute Gasteiger partial charge is 0.478 e. The van der Waals surface area contributed by atoms with Crippen molar-refractivity contribution in [2.24, 2.45) is 0 Å². The number of aromatic nitrogens is 2. The lowest BCUT2D eigenvalue weighted by Gasteiger charge is -2.11. The van der Waals surface area contributed by atoms with Crippen LogP contribution in [0.5, 0.6) is 0 Å². The summed E-state index contributed by atoms with van der Waals surface area (Å²) in [6, 6.07) is 13.7. The normalized spacial score (nSPS) is 11.3. The van der Waals surface area contributed by atoms with Gasteiger partial charge in [-0.15, -0.1) is 0 Å². The van der Waals surface area contributed by atoms with Gasteiger partial charge in [-0.25, -0.2) is 4.79 Å². The van der Waals surface area contributed by atoms with E-state index in [4.69, 9.17) is 9.63 Å². The van der Waals surface area contributed by atoms with Crippen molar-refractivity contribution in [1.82, 2.24) is 15.5 Å². The molecule has 0 saturated heterocycles. The van der Waals surface area contributed by atoms with Crippen LogP contribution < -0.4 is 5.32 Å². The minimum Gasteiger partial charge on any atom is -0.478 e. The topological polar surface area (TPSA) is 105 Å². The molecule has 3 aromatic rings. The second kappa shape index (κ2) is 8.26. The van der Waals surface area contributed by atoms with Crippen LogP contribution in [0.15, 0.2) is 53.1 Å². The van der Waals surface area contributed by atoms with Crippen molar-refractivity contribution >= 4 is 11.9 Å². The molecule has 1 aromatic heterocycles. The summed E-state index contributed by atoms with van der Waals surface area (Å²) in [4.78, 5) is 28.0. The van der Waals surface area contributed by atoms with Crippen LogP contribution in [0.25, 0.3) is 11.5 Å². The van der Waals surface area contributed by atoms with Gasteiger partial charge in [-0.05, 0) is 36.2 Å². The first-order valence-electron chi connectivity index (χ1n) is 9.30. The van der Waals surface area contributed by atoms with E-state index in [1.165, 1.54) is 0 Å². The van der Waals surface area contributed by atoms with Gasteiger partial charge < -0.3 is 14.9 Å². The van der Waals surface area contributed by atoms with Crippen molar-refractivity contribution < 1.29 is 19.2 Å². The molecule has 2 aromatic carbocycles. The molecule has 0 spiro atoms. The van der Waals surface area contributed by atoms with Gasteiger partial charge in [0.25, 0.3) is 11.8 Å². The van der Waals surface area contributed by atoms with E-state index in [0.717, 1.165) is 5.56 Å². The molecule has 0 atom stereocenters. The van der Waals surface area contributed by atoms with Crippen molar-refractivity contribution in [2.45, 2.75) is 32.6 Å². The number of benzene rings is 2. The molecule has 0 saturated carbocycles. The molecule has 0 unspecified atom stereocenters. The predicted octanol–water partition coefficient (Wildman–Crippen LogP) is 3.70. The van der Waals surface area contributed by atoms with Gasteiger partial charge >= 0.3 is 5.97 Å². The number of nitrogens with zero attached hydrogens (tertiary/aromatic N) is 2. The van der Waals surface area contributed by atoms with E-state index in [0.29, 0.717) is 35.8 Å². The minimum absolute atomic E-state index is 0.237. The maximum absolute atomic E-state index is 12.7. The highest BCUT2D eigenvalue weighted by molar-refractivity contribution is 5.99. The average molecular weight is 393 g/mol. The van der Waals surface area contributed by atoms with Crippen molar-refractivity contribution in [3.05, 3.63) is 71.0 Å². The average Bonchev–Trinajstić information content (AvgIpc) is 3.19. The van der Waals surface area contributed by atoms with Crippen LogP contribution in [-0.4, -0.2) is 33.7 Å². The maximum atomic E-state index is 12.7. The first-order valence-corrected chi connectivity index (χ1v) is 9.30. The second-order valence-corrected chi connectivity index (χ2v) is 7.73. The molecule has 2 N–H and O–H groups in total. The third-order valence-corrected chi connectivity index (χ3v) is 4.40. The van der Waals surface area contributed by atoms with Gasteiger partial charge in [-0.3, -0.25) is 4.79 Å². The SMILES string of the molecule is CC(C)(C)c1noc(-c2ccccc2C(=O)NCCc2ccc(C(=O)O)cc2)n1. The second-order valence-electron chi connectivity index (χ2n) is 7.73. The maximum Gasteiger partial charge on any atom is 0.335 e. The van der Waals surface area contributed by atoms with Gasteiger partial charge in [0.2, 0.25) is 0 Å². The van der Waals surface area contributed by atoms with E-state index in [9.17, 15) is 9.59 Å². The highest BCUT2D eigenvalue weighted by Gasteiger charge is 2.23. The smallest absolute Gasteiger partial charge is 0.335 e. The third-order valence-electron chi connectivity index (χ3n) is 4.40. The van der Waals surface area contributed by atoms with Gasteiger partial charge in [-0.2, -0.15) is 4.98 Å². The Kier molecular flexibility index (Phi) is 5.77. The van der Waals surface area contributed by atoms with E-state index in [2.05, 4.69) is 15.5 Å². The van der Waals surface area contributed by atoms with Crippen molar-refractivity contribution in [3.8, 4) is 11.5 Å². The highest BCUT2D eigenvalue weighted by atomic mass is 16.5. The van der Waals surface area contributed by atoms with Crippen LogP contribution in [0.2, 0.25) is 0 Å². The Morgan fingerprint density at radius 1 is 1.07 bits per heavy atom. The van der Waals surface area contributed by atoms with Gasteiger partial charge in [0, 0.05) is 12.0 Å². The third kappa shape index (κ3) is 4.87. The Morgan fingerprint density at radius 2 is 1.76 bits per heavy atom. The summed E-state index contributed by atoms with van der Waals surface area (Å²) in [6.07, 6.45) is 0.586. The standard InChI is InChI=1S/C22H23N3O4/c1-22(2,3)21-24-19(29-25-21)17-7-5-4-6-16(17)18(26)23-13-12-14-8-10-15(11-9-14)20(27)28/h4-11H,12-13H2,1-3H3,(H,23,26)(H,27,28). The molecule has 0 radical (unpaired) electrons. The van der Waals surface area contributed by atoms with Crippen LogP contribution >= 0.6 is 0 Å². The number of carboxylic acid groups (broad SMARTS) is 1. The summed E-state index contributed by atoms with van der Waals surface area (Å²) >= 11 is 0.